The van der Waals surface area contributed by atoms with Gasteiger partial charge < -0.3 is 10.5 Å². The van der Waals surface area contributed by atoms with Crippen LogP contribution in [-0.2, 0) is 5.41 Å². The third-order valence-electron chi connectivity index (χ3n) is 2.95. The van der Waals surface area contributed by atoms with E-state index in [-0.39, 0.29) is 11.2 Å². The third kappa shape index (κ3) is 4.35. The molecule has 106 valence electrons. The van der Waals surface area contributed by atoms with E-state index in [9.17, 15) is 4.79 Å². The Hall–Kier alpha value is -1.35. The molecule has 0 radical (unpaired) electrons. The normalized spacial score (nSPS) is 12.4. The first-order valence-electron chi connectivity index (χ1n) is 6.55. The van der Waals surface area contributed by atoms with E-state index in [2.05, 4.69) is 20.8 Å². The number of rotatable bonds is 4. The number of ether oxygens (including phenoxy) is 1. The van der Waals surface area contributed by atoms with Gasteiger partial charge in [-0.15, -0.1) is 0 Å². The molecule has 0 unspecified atom stereocenters. The molecule has 0 fully saturated rings. The van der Waals surface area contributed by atoms with Gasteiger partial charge in [-0.2, -0.15) is 0 Å². The lowest BCUT2D eigenvalue weighted by atomic mass is 9.84. The van der Waals surface area contributed by atoms with Gasteiger partial charge in [-0.3, -0.25) is 4.79 Å². The number of methoxy groups -OCH3 is 1. The van der Waals surface area contributed by atoms with Gasteiger partial charge in [0.25, 0.3) is 0 Å². The first-order valence-corrected chi connectivity index (χ1v) is 6.55. The Kier molecular flexibility index (Phi) is 4.41. The number of ketones is 1. The summed E-state index contributed by atoms with van der Waals surface area (Å²) in [6.45, 7) is 10.0. The van der Waals surface area contributed by atoms with Crippen molar-refractivity contribution in [2.75, 3.05) is 7.11 Å². The summed E-state index contributed by atoms with van der Waals surface area (Å²) in [6.07, 6.45) is 0.336. The molecule has 0 heterocycles. The third-order valence-corrected chi connectivity index (χ3v) is 2.95. The van der Waals surface area contributed by atoms with E-state index in [4.69, 9.17) is 10.5 Å². The average molecular weight is 263 g/mol. The Morgan fingerprint density at radius 3 is 2.21 bits per heavy atom. The zero-order valence-electron chi connectivity index (χ0n) is 12.8. The largest absolute Gasteiger partial charge is 0.496 e. The highest BCUT2D eigenvalue weighted by Crippen LogP contribution is 2.32. The second-order valence-electron chi connectivity index (χ2n) is 6.75. The van der Waals surface area contributed by atoms with E-state index < -0.39 is 5.54 Å². The van der Waals surface area contributed by atoms with Gasteiger partial charge in [0.05, 0.1) is 7.11 Å². The highest BCUT2D eigenvalue weighted by molar-refractivity contribution is 5.97. The van der Waals surface area contributed by atoms with Crippen LogP contribution < -0.4 is 10.5 Å². The van der Waals surface area contributed by atoms with Crippen molar-refractivity contribution in [3.63, 3.8) is 0 Å². The van der Waals surface area contributed by atoms with Gasteiger partial charge in [-0.25, -0.2) is 0 Å². The van der Waals surface area contributed by atoms with Gasteiger partial charge >= 0.3 is 0 Å². The van der Waals surface area contributed by atoms with Crippen LogP contribution in [0.1, 0.15) is 57.0 Å². The highest BCUT2D eigenvalue weighted by atomic mass is 16.5. The molecule has 0 aromatic heterocycles. The van der Waals surface area contributed by atoms with E-state index in [1.807, 2.05) is 32.0 Å². The summed E-state index contributed by atoms with van der Waals surface area (Å²) >= 11 is 0. The van der Waals surface area contributed by atoms with Crippen LogP contribution in [0.3, 0.4) is 0 Å². The van der Waals surface area contributed by atoms with Crippen molar-refractivity contribution < 1.29 is 9.53 Å². The van der Waals surface area contributed by atoms with Crippen LogP contribution in [0.2, 0.25) is 0 Å². The van der Waals surface area contributed by atoms with Crippen LogP contribution in [0.15, 0.2) is 18.2 Å². The zero-order chi connectivity index (χ0) is 14.8. The maximum Gasteiger partial charge on any atom is 0.164 e. The number of Topliss-reactive ketones (excluding diaryl/α,β-unsaturated/α-hetero) is 1. The van der Waals surface area contributed by atoms with Gasteiger partial charge in [0, 0.05) is 23.1 Å². The summed E-state index contributed by atoms with van der Waals surface area (Å²) in [6, 6.07) is 5.59. The van der Waals surface area contributed by atoms with Crippen molar-refractivity contribution >= 4 is 5.78 Å². The summed E-state index contributed by atoms with van der Waals surface area (Å²) in [4.78, 5) is 12.2. The molecule has 1 rings (SSSR count). The van der Waals surface area contributed by atoms with Gasteiger partial charge in [0.2, 0.25) is 0 Å². The van der Waals surface area contributed by atoms with Crippen LogP contribution in [0.4, 0.5) is 0 Å². The summed E-state index contributed by atoms with van der Waals surface area (Å²) in [5.41, 5.74) is 7.09. The highest BCUT2D eigenvalue weighted by Gasteiger charge is 2.22. The van der Waals surface area contributed by atoms with Crippen LogP contribution in [0.25, 0.3) is 0 Å². The molecule has 0 bridgehead atoms. The number of nitrogens with two attached hydrogens (primary N) is 1. The van der Waals surface area contributed by atoms with Crippen molar-refractivity contribution in [1.29, 1.82) is 0 Å². The lowest BCUT2D eigenvalue weighted by Crippen LogP contribution is -2.34. The Labute approximate surface area is 116 Å². The number of hydrogen-bond donors (Lipinski definition) is 1. The molecule has 0 atom stereocenters. The molecule has 0 saturated heterocycles. The van der Waals surface area contributed by atoms with Crippen molar-refractivity contribution in [3.05, 3.63) is 29.3 Å². The lowest BCUT2D eigenvalue weighted by Gasteiger charge is -2.23. The number of hydrogen-bond acceptors (Lipinski definition) is 3. The number of carbonyl (C=O) groups excluding carboxylic acids is 1. The van der Waals surface area contributed by atoms with Gasteiger partial charge in [0.1, 0.15) is 5.75 Å². The molecule has 0 amide bonds. The minimum atomic E-state index is -0.487. The SMILES string of the molecule is COc1ccc(C(=O)CC(C)(C)N)cc1C(C)(C)C. The molecule has 0 aliphatic rings. The zero-order valence-corrected chi connectivity index (χ0v) is 12.8. The molecule has 3 nitrogen and oxygen atoms in total. The Bertz CT molecular complexity index is 465. The molecule has 0 spiro atoms. The summed E-state index contributed by atoms with van der Waals surface area (Å²) < 4.78 is 5.37. The Morgan fingerprint density at radius 1 is 1.21 bits per heavy atom. The van der Waals surface area contributed by atoms with E-state index >= 15 is 0 Å². The quantitative estimate of drug-likeness (QED) is 0.848. The van der Waals surface area contributed by atoms with Crippen LogP contribution >= 0.6 is 0 Å². The van der Waals surface area contributed by atoms with E-state index in [0.29, 0.717) is 12.0 Å². The van der Waals surface area contributed by atoms with Gasteiger partial charge in [0.15, 0.2) is 5.78 Å². The average Bonchev–Trinajstić information content (AvgIpc) is 2.24. The fourth-order valence-corrected chi connectivity index (χ4v) is 1.98. The van der Waals surface area contributed by atoms with Crippen molar-refractivity contribution in [2.45, 2.75) is 52.0 Å². The Balaban J connectivity index is 3.16. The van der Waals surface area contributed by atoms with E-state index in [1.54, 1.807) is 7.11 Å². The smallest absolute Gasteiger partial charge is 0.164 e. The molecule has 2 N–H and O–H groups in total. The summed E-state index contributed by atoms with van der Waals surface area (Å²) in [7, 11) is 1.65. The topological polar surface area (TPSA) is 52.3 Å². The molecule has 0 aliphatic heterocycles. The number of benzene rings is 1. The fourth-order valence-electron chi connectivity index (χ4n) is 1.98. The molecule has 3 heteroatoms. The molecule has 0 saturated carbocycles. The maximum atomic E-state index is 12.2. The number of carbonyl (C=O) groups is 1. The van der Waals surface area contributed by atoms with Gasteiger partial charge in [-0.05, 0) is 37.5 Å². The van der Waals surface area contributed by atoms with E-state index in [0.717, 1.165) is 11.3 Å². The van der Waals surface area contributed by atoms with Gasteiger partial charge in [-0.1, -0.05) is 20.8 Å². The van der Waals surface area contributed by atoms with Crippen LogP contribution in [-0.4, -0.2) is 18.4 Å². The molecular formula is C16H25NO2. The molecule has 19 heavy (non-hydrogen) atoms. The Morgan fingerprint density at radius 2 is 1.79 bits per heavy atom. The molecule has 0 aliphatic carbocycles. The van der Waals surface area contributed by atoms with Crippen molar-refractivity contribution in [1.82, 2.24) is 0 Å². The maximum absolute atomic E-state index is 12.2. The fraction of sp³-hybridized carbons (Fsp3) is 0.562. The predicted molar refractivity (Wildman–Crippen MR) is 78.9 cm³/mol. The van der Waals surface area contributed by atoms with Crippen LogP contribution in [0.5, 0.6) is 5.75 Å². The molecule has 1 aromatic rings. The second kappa shape index (κ2) is 5.33. The lowest BCUT2D eigenvalue weighted by molar-refractivity contribution is 0.0960. The van der Waals surface area contributed by atoms with Crippen molar-refractivity contribution in [3.8, 4) is 5.75 Å². The summed E-state index contributed by atoms with van der Waals surface area (Å²) in [5, 5.41) is 0. The summed E-state index contributed by atoms with van der Waals surface area (Å²) in [5.74, 6) is 0.886. The molecule has 1 aromatic carbocycles. The second-order valence-corrected chi connectivity index (χ2v) is 6.75. The molecular weight excluding hydrogens is 238 g/mol. The minimum Gasteiger partial charge on any atom is -0.496 e. The van der Waals surface area contributed by atoms with Crippen LogP contribution in [0, 0.1) is 0 Å². The first-order chi connectivity index (χ1) is 8.54. The minimum absolute atomic E-state index is 0.0696. The first kappa shape index (κ1) is 15.7. The standard InChI is InChI=1S/C16H25NO2/c1-15(2,3)12-9-11(7-8-14(12)19-6)13(18)10-16(4,5)17/h7-9H,10,17H2,1-6H3. The van der Waals surface area contributed by atoms with E-state index in [1.165, 1.54) is 0 Å². The predicted octanol–water partition coefficient (Wildman–Crippen LogP) is 3.30. The van der Waals surface area contributed by atoms with Crippen molar-refractivity contribution in [2.24, 2.45) is 5.73 Å². The monoisotopic (exact) mass is 263 g/mol.